The van der Waals surface area contributed by atoms with Crippen LogP contribution in [0.3, 0.4) is 0 Å². The molecule has 0 saturated carbocycles. The van der Waals surface area contributed by atoms with Crippen LogP contribution >= 0.6 is 0 Å². The van der Waals surface area contributed by atoms with E-state index in [1.54, 1.807) is 13.1 Å². The van der Waals surface area contributed by atoms with Crippen LogP contribution in [0, 0.1) is 11.3 Å². The van der Waals surface area contributed by atoms with E-state index in [1.807, 2.05) is 29.2 Å². The number of fused-ring (bicyclic) bond motifs is 1. The summed E-state index contributed by atoms with van der Waals surface area (Å²) in [6.45, 7) is 5.97. The van der Waals surface area contributed by atoms with Crippen molar-refractivity contribution < 1.29 is 4.79 Å². The van der Waals surface area contributed by atoms with Gasteiger partial charge in [-0.1, -0.05) is 0 Å². The fraction of sp³-hybridized carbons (Fsp3) is 0.353. The molecule has 112 valence electrons. The number of hydrogen-bond acceptors (Lipinski definition) is 4. The highest BCUT2D eigenvalue weighted by Gasteiger charge is 2.26. The molecule has 3 rings (SSSR count). The van der Waals surface area contributed by atoms with Gasteiger partial charge in [0, 0.05) is 49.9 Å². The number of rotatable bonds is 1. The minimum atomic E-state index is 0.123. The fourth-order valence-electron chi connectivity index (χ4n) is 3.10. The summed E-state index contributed by atoms with van der Waals surface area (Å²) in [5.41, 5.74) is 2.41. The van der Waals surface area contributed by atoms with E-state index in [9.17, 15) is 10.1 Å². The predicted molar refractivity (Wildman–Crippen MR) is 85.5 cm³/mol. The molecule has 0 radical (unpaired) electrons. The maximum atomic E-state index is 11.5. The first-order chi connectivity index (χ1) is 10.6. The summed E-state index contributed by atoms with van der Waals surface area (Å²) in [5, 5.41) is 10.2. The number of carbonyl (C=O) groups is 1. The molecule has 1 aliphatic rings. The first-order valence-electron chi connectivity index (χ1n) is 7.42. The predicted octanol–water partition coefficient (Wildman–Crippen LogP) is 2.16. The number of pyridine rings is 1. The highest BCUT2D eigenvalue weighted by atomic mass is 16.2. The lowest BCUT2D eigenvalue weighted by Crippen LogP contribution is -2.53. The van der Waals surface area contributed by atoms with Gasteiger partial charge in [0.1, 0.15) is 6.07 Å². The van der Waals surface area contributed by atoms with Gasteiger partial charge in [-0.25, -0.2) is 0 Å². The molecule has 1 amide bonds. The summed E-state index contributed by atoms with van der Waals surface area (Å²) in [4.78, 5) is 20.1. The highest BCUT2D eigenvalue weighted by Crippen LogP contribution is 2.30. The normalized spacial score (nSPS) is 18.3. The molecule has 0 spiro atoms. The van der Waals surface area contributed by atoms with E-state index >= 15 is 0 Å². The van der Waals surface area contributed by atoms with Gasteiger partial charge in [0.15, 0.2) is 0 Å². The summed E-state index contributed by atoms with van der Waals surface area (Å²) in [6, 6.07) is 10.1. The third-order valence-electron chi connectivity index (χ3n) is 4.25. The molecule has 1 atom stereocenters. The molecule has 0 aliphatic carbocycles. The molecule has 1 unspecified atom stereocenters. The Bertz CT molecular complexity index is 765. The Morgan fingerprint density at radius 2 is 2.18 bits per heavy atom. The molecular weight excluding hydrogens is 276 g/mol. The largest absolute Gasteiger partial charge is 0.365 e. The van der Waals surface area contributed by atoms with Gasteiger partial charge in [-0.15, -0.1) is 0 Å². The van der Waals surface area contributed by atoms with Gasteiger partial charge in [0.05, 0.1) is 11.1 Å². The fourth-order valence-corrected chi connectivity index (χ4v) is 3.10. The molecule has 1 aromatic heterocycles. The Kier molecular flexibility index (Phi) is 3.68. The quantitative estimate of drug-likeness (QED) is 0.808. The second kappa shape index (κ2) is 5.64. The second-order valence-electron chi connectivity index (χ2n) is 5.65. The zero-order chi connectivity index (χ0) is 15.7. The number of piperazine rings is 1. The van der Waals surface area contributed by atoms with E-state index in [1.165, 1.54) is 0 Å². The molecule has 22 heavy (non-hydrogen) atoms. The van der Waals surface area contributed by atoms with Crippen LogP contribution in [-0.4, -0.2) is 41.5 Å². The summed E-state index contributed by atoms with van der Waals surface area (Å²) < 4.78 is 0. The maximum absolute atomic E-state index is 11.5. The van der Waals surface area contributed by atoms with Crippen LogP contribution in [-0.2, 0) is 4.79 Å². The topological polar surface area (TPSA) is 60.2 Å². The molecule has 0 bridgehead atoms. The standard InChI is InChI=1S/C17H18N4O/c1-12-11-20(13(2)22)8-9-21(12)16-6-5-14(10-18)17-15(16)4-3-7-19-17/h3-7,12H,8-9,11H2,1-2H3. The number of amides is 1. The van der Waals surface area contributed by atoms with Gasteiger partial charge in [-0.05, 0) is 31.2 Å². The van der Waals surface area contributed by atoms with Crippen molar-refractivity contribution >= 4 is 22.5 Å². The summed E-state index contributed by atoms with van der Waals surface area (Å²) in [5.74, 6) is 0.123. The average Bonchev–Trinajstić information content (AvgIpc) is 2.54. The van der Waals surface area contributed by atoms with Crippen LogP contribution in [0.15, 0.2) is 30.5 Å². The number of aromatic nitrogens is 1. The number of carbonyl (C=O) groups excluding carboxylic acids is 1. The summed E-state index contributed by atoms with van der Waals surface area (Å²) >= 11 is 0. The number of anilines is 1. The highest BCUT2D eigenvalue weighted by molar-refractivity contribution is 5.95. The van der Waals surface area contributed by atoms with Crippen LogP contribution in [0.25, 0.3) is 10.9 Å². The zero-order valence-electron chi connectivity index (χ0n) is 12.8. The lowest BCUT2D eigenvalue weighted by Gasteiger charge is -2.41. The number of benzene rings is 1. The number of hydrogen-bond donors (Lipinski definition) is 0. The second-order valence-corrected chi connectivity index (χ2v) is 5.65. The summed E-state index contributed by atoms with van der Waals surface area (Å²) in [6.07, 6.45) is 1.71. The third-order valence-corrected chi connectivity index (χ3v) is 4.25. The van der Waals surface area contributed by atoms with Crippen LogP contribution < -0.4 is 4.90 Å². The zero-order valence-corrected chi connectivity index (χ0v) is 12.8. The Morgan fingerprint density at radius 3 is 2.86 bits per heavy atom. The van der Waals surface area contributed by atoms with E-state index in [0.717, 1.165) is 36.2 Å². The molecule has 2 heterocycles. The van der Waals surface area contributed by atoms with Crippen LogP contribution in [0.5, 0.6) is 0 Å². The average molecular weight is 294 g/mol. The molecule has 2 aromatic rings. The van der Waals surface area contributed by atoms with Gasteiger partial charge in [-0.3, -0.25) is 9.78 Å². The SMILES string of the molecule is CC(=O)N1CCN(c2ccc(C#N)c3ncccc23)C(C)C1. The Hall–Kier alpha value is -2.61. The Morgan fingerprint density at radius 1 is 1.36 bits per heavy atom. The van der Waals surface area contributed by atoms with Crippen LogP contribution in [0.4, 0.5) is 5.69 Å². The summed E-state index contributed by atoms with van der Waals surface area (Å²) in [7, 11) is 0. The molecule has 1 aromatic carbocycles. The van der Waals surface area contributed by atoms with Crippen LogP contribution in [0.2, 0.25) is 0 Å². The van der Waals surface area contributed by atoms with Crippen molar-refractivity contribution in [2.45, 2.75) is 19.9 Å². The van der Waals surface area contributed by atoms with E-state index in [0.29, 0.717) is 5.56 Å². The van der Waals surface area contributed by atoms with E-state index in [2.05, 4.69) is 22.9 Å². The minimum Gasteiger partial charge on any atom is -0.365 e. The van der Waals surface area contributed by atoms with Crippen LogP contribution in [0.1, 0.15) is 19.4 Å². The van der Waals surface area contributed by atoms with Crippen molar-refractivity contribution in [3.63, 3.8) is 0 Å². The van der Waals surface area contributed by atoms with E-state index in [4.69, 9.17) is 0 Å². The van der Waals surface area contributed by atoms with Gasteiger partial charge in [0.2, 0.25) is 5.91 Å². The maximum Gasteiger partial charge on any atom is 0.219 e. The van der Waals surface area contributed by atoms with Crippen molar-refractivity contribution in [2.24, 2.45) is 0 Å². The molecule has 5 heteroatoms. The lowest BCUT2D eigenvalue weighted by molar-refractivity contribution is -0.129. The van der Waals surface area contributed by atoms with Crippen molar-refractivity contribution in [2.75, 3.05) is 24.5 Å². The van der Waals surface area contributed by atoms with Gasteiger partial charge in [-0.2, -0.15) is 5.26 Å². The lowest BCUT2D eigenvalue weighted by atomic mass is 10.1. The van der Waals surface area contributed by atoms with Gasteiger partial charge < -0.3 is 9.80 Å². The smallest absolute Gasteiger partial charge is 0.219 e. The molecule has 0 N–H and O–H groups in total. The Labute approximate surface area is 129 Å². The molecular formula is C17H18N4O. The van der Waals surface area contributed by atoms with E-state index < -0.39 is 0 Å². The van der Waals surface area contributed by atoms with E-state index in [-0.39, 0.29) is 11.9 Å². The number of nitriles is 1. The molecule has 1 saturated heterocycles. The first kappa shape index (κ1) is 14.3. The van der Waals surface area contributed by atoms with Crippen molar-refractivity contribution in [3.05, 3.63) is 36.0 Å². The van der Waals surface area contributed by atoms with Gasteiger partial charge >= 0.3 is 0 Å². The molecule has 5 nitrogen and oxygen atoms in total. The van der Waals surface area contributed by atoms with Crippen molar-refractivity contribution in [3.8, 4) is 6.07 Å². The Balaban J connectivity index is 2.01. The van der Waals surface area contributed by atoms with Crippen molar-refractivity contribution in [1.82, 2.24) is 9.88 Å². The van der Waals surface area contributed by atoms with Crippen molar-refractivity contribution in [1.29, 1.82) is 5.26 Å². The molecule has 1 aliphatic heterocycles. The number of nitrogens with zero attached hydrogens (tertiary/aromatic N) is 4. The first-order valence-corrected chi connectivity index (χ1v) is 7.42. The third kappa shape index (κ3) is 2.37. The van der Waals surface area contributed by atoms with Gasteiger partial charge in [0.25, 0.3) is 0 Å². The minimum absolute atomic E-state index is 0.123. The molecule has 1 fully saturated rings. The monoisotopic (exact) mass is 294 g/mol.